The van der Waals surface area contributed by atoms with Gasteiger partial charge in [-0.2, -0.15) is 0 Å². The number of primary amides is 1. The molecule has 0 aliphatic rings. The highest BCUT2D eigenvalue weighted by atomic mass is 16.1. The molecule has 0 saturated heterocycles. The van der Waals surface area contributed by atoms with Crippen LogP contribution in [-0.2, 0) is 6.42 Å². The van der Waals surface area contributed by atoms with E-state index in [-0.39, 0.29) is 0 Å². The Morgan fingerprint density at radius 3 is 2.30 bits per heavy atom. The molecule has 2 aromatic carbocycles. The minimum Gasteiger partial charge on any atom is -0.365 e. The lowest BCUT2D eigenvalue weighted by atomic mass is 10.1. The number of nitrogens with two attached hydrogens (primary N) is 1. The van der Waals surface area contributed by atoms with E-state index in [0.717, 1.165) is 12.0 Å². The first-order chi connectivity index (χ1) is 11.2. The molecule has 0 bridgehead atoms. The number of hydrogen-bond donors (Lipinski definition) is 1. The Hall–Kier alpha value is -3.01. The van der Waals surface area contributed by atoms with Gasteiger partial charge >= 0.3 is 0 Å². The largest absolute Gasteiger partial charge is 0.365 e. The molecular weight excluding hydrogens is 286 g/mol. The Kier molecular flexibility index (Phi) is 4.43. The Labute approximate surface area is 135 Å². The van der Waals surface area contributed by atoms with Crippen molar-refractivity contribution in [2.45, 2.75) is 6.42 Å². The molecule has 3 rings (SSSR count). The van der Waals surface area contributed by atoms with Gasteiger partial charge in [0.05, 0.1) is 11.3 Å². The molecule has 0 saturated carbocycles. The zero-order valence-corrected chi connectivity index (χ0v) is 12.5. The second-order valence-electron chi connectivity index (χ2n) is 5.11. The van der Waals surface area contributed by atoms with Crippen LogP contribution in [-0.4, -0.2) is 15.9 Å². The molecule has 3 aromatic rings. The fourth-order valence-electron chi connectivity index (χ4n) is 2.31. The lowest BCUT2D eigenvalue weighted by Crippen LogP contribution is -2.15. The molecule has 0 spiro atoms. The van der Waals surface area contributed by atoms with Crippen molar-refractivity contribution in [2.24, 2.45) is 5.73 Å². The average molecular weight is 302 g/mol. The summed E-state index contributed by atoms with van der Waals surface area (Å²) in [6.07, 6.45) is 4.16. The van der Waals surface area contributed by atoms with E-state index in [1.165, 1.54) is 11.8 Å². The third kappa shape index (κ3) is 3.61. The van der Waals surface area contributed by atoms with Gasteiger partial charge in [-0.25, -0.2) is 9.97 Å². The molecule has 1 aromatic heterocycles. The first-order valence-corrected chi connectivity index (χ1v) is 7.33. The van der Waals surface area contributed by atoms with E-state index < -0.39 is 5.91 Å². The Morgan fingerprint density at radius 1 is 1.00 bits per heavy atom. The van der Waals surface area contributed by atoms with Crippen molar-refractivity contribution in [3.8, 4) is 11.3 Å². The highest BCUT2D eigenvalue weighted by Gasteiger charge is 2.13. The third-order valence-electron chi connectivity index (χ3n) is 3.48. The van der Waals surface area contributed by atoms with Crippen molar-refractivity contribution < 1.29 is 4.79 Å². The SMILES string of the molecule is NC(=O)c1cnc([CH]Cc2ccccc2)nc1-c1ccccc1. The van der Waals surface area contributed by atoms with Gasteiger partial charge in [0.25, 0.3) is 5.91 Å². The van der Waals surface area contributed by atoms with Crippen LogP contribution in [0.2, 0.25) is 0 Å². The van der Waals surface area contributed by atoms with Crippen LogP contribution in [0.4, 0.5) is 0 Å². The monoisotopic (exact) mass is 302 g/mol. The smallest absolute Gasteiger partial charge is 0.252 e. The summed E-state index contributed by atoms with van der Waals surface area (Å²) in [6, 6.07) is 19.6. The number of nitrogens with zero attached hydrogens (tertiary/aromatic N) is 2. The maximum Gasteiger partial charge on any atom is 0.252 e. The van der Waals surface area contributed by atoms with E-state index in [4.69, 9.17) is 5.73 Å². The van der Waals surface area contributed by atoms with Gasteiger partial charge in [-0.15, -0.1) is 0 Å². The lowest BCUT2D eigenvalue weighted by molar-refractivity contribution is 0.1000. The molecule has 0 aliphatic heterocycles. The molecule has 1 amide bonds. The number of aromatic nitrogens is 2. The third-order valence-corrected chi connectivity index (χ3v) is 3.48. The molecule has 4 heteroatoms. The quantitative estimate of drug-likeness (QED) is 0.787. The van der Waals surface area contributed by atoms with Crippen molar-refractivity contribution in [1.29, 1.82) is 0 Å². The summed E-state index contributed by atoms with van der Waals surface area (Å²) in [5.41, 5.74) is 8.35. The van der Waals surface area contributed by atoms with Gasteiger partial charge in [0.15, 0.2) is 0 Å². The van der Waals surface area contributed by atoms with Gasteiger partial charge in [-0.05, 0) is 12.0 Å². The van der Waals surface area contributed by atoms with Crippen LogP contribution in [0.25, 0.3) is 11.3 Å². The lowest BCUT2D eigenvalue weighted by Gasteiger charge is -2.08. The number of carbonyl (C=O) groups is 1. The van der Waals surface area contributed by atoms with E-state index in [1.807, 2.05) is 67.1 Å². The van der Waals surface area contributed by atoms with Crippen LogP contribution in [0.3, 0.4) is 0 Å². The second-order valence-corrected chi connectivity index (χ2v) is 5.11. The minimum atomic E-state index is -0.529. The predicted octanol–water partition coefficient (Wildman–Crippen LogP) is 3.04. The van der Waals surface area contributed by atoms with Gasteiger partial charge in [0, 0.05) is 18.2 Å². The van der Waals surface area contributed by atoms with E-state index in [2.05, 4.69) is 9.97 Å². The minimum absolute atomic E-state index is 0.327. The van der Waals surface area contributed by atoms with Crippen molar-refractivity contribution in [3.05, 3.63) is 90.2 Å². The average Bonchev–Trinajstić information content (AvgIpc) is 2.61. The van der Waals surface area contributed by atoms with E-state index in [9.17, 15) is 4.79 Å². The molecule has 0 atom stereocenters. The fourth-order valence-corrected chi connectivity index (χ4v) is 2.31. The van der Waals surface area contributed by atoms with Gasteiger partial charge < -0.3 is 5.73 Å². The number of benzene rings is 2. The summed E-state index contributed by atoms with van der Waals surface area (Å²) in [6.45, 7) is 0. The summed E-state index contributed by atoms with van der Waals surface area (Å²) in [7, 11) is 0. The Balaban J connectivity index is 1.90. The Morgan fingerprint density at radius 2 is 1.65 bits per heavy atom. The van der Waals surface area contributed by atoms with Gasteiger partial charge in [-0.3, -0.25) is 4.79 Å². The van der Waals surface area contributed by atoms with Crippen molar-refractivity contribution in [1.82, 2.24) is 9.97 Å². The van der Waals surface area contributed by atoms with Crippen LogP contribution in [0, 0.1) is 6.42 Å². The van der Waals surface area contributed by atoms with Crippen LogP contribution < -0.4 is 5.73 Å². The predicted molar refractivity (Wildman–Crippen MR) is 89.5 cm³/mol. The molecule has 113 valence electrons. The summed E-state index contributed by atoms with van der Waals surface area (Å²) >= 11 is 0. The molecule has 4 nitrogen and oxygen atoms in total. The van der Waals surface area contributed by atoms with Crippen LogP contribution in [0.1, 0.15) is 21.7 Å². The van der Waals surface area contributed by atoms with Gasteiger partial charge in [0.2, 0.25) is 0 Å². The highest BCUT2D eigenvalue weighted by Crippen LogP contribution is 2.21. The normalized spacial score (nSPS) is 10.4. The van der Waals surface area contributed by atoms with Gasteiger partial charge in [0.1, 0.15) is 5.82 Å². The molecular formula is C19H16N3O. The van der Waals surface area contributed by atoms with Crippen molar-refractivity contribution in [2.75, 3.05) is 0 Å². The van der Waals surface area contributed by atoms with Crippen molar-refractivity contribution >= 4 is 5.91 Å². The van der Waals surface area contributed by atoms with Crippen LogP contribution >= 0.6 is 0 Å². The summed E-state index contributed by atoms with van der Waals surface area (Å²) < 4.78 is 0. The molecule has 1 radical (unpaired) electrons. The van der Waals surface area contributed by atoms with Gasteiger partial charge in [-0.1, -0.05) is 60.7 Å². The summed E-state index contributed by atoms with van der Waals surface area (Å²) in [4.78, 5) is 20.4. The van der Waals surface area contributed by atoms with Crippen molar-refractivity contribution in [3.63, 3.8) is 0 Å². The highest BCUT2D eigenvalue weighted by molar-refractivity contribution is 5.98. The van der Waals surface area contributed by atoms with E-state index >= 15 is 0 Å². The standard InChI is InChI=1S/C19H16N3O/c20-19(23)16-13-21-17(12-11-14-7-3-1-4-8-14)22-18(16)15-9-5-2-6-10-15/h1-10,12-13H,11H2,(H2,20,23). The van der Waals surface area contributed by atoms with Crippen LogP contribution in [0.15, 0.2) is 66.9 Å². The zero-order chi connectivity index (χ0) is 16.1. The topological polar surface area (TPSA) is 68.9 Å². The number of rotatable bonds is 5. The van der Waals surface area contributed by atoms with E-state index in [0.29, 0.717) is 17.1 Å². The summed E-state index contributed by atoms with van der Waals surface area (Å²) in [5, 5.41) is 0. The van der Waals surface area contributed by atoms with Crippen LogP contribution in [0.5, 0.6) is 0 Å². The molecule has 1 heterocycles. The maximum atomic E-state index is 11.6. The molecule has 2 N–H and O–H groups in total. The molecule has 0 unspecified atom stereocenters. The zero-order valence-electron chi connectivity index (χ0n) is 12.5. The number of amides is 1. The first-order valence-electron chi connectivity index (χ1n) is 7.33. The number of hydrogen-bond acceptors (Lipinski definition) is 3. The molecule has 0 aliphatic carbocycles. The Bertz CT molecular complexity index is 801. The molecule has 0 fully saturated rings. The van der Waals surface area contributed by atoms with E-state index in [1.54, 1.807) is 0 Å². The fraction of sp³-hybridized carbons (Fsp3) is 0.0526. The second kappa shape index (κ2) is 6.83. The molecule has 23 heavy (non-hydrogen) atoms. The summed E-state index contributed by atoms with van der Waals surface area (Å²) in [5.74, 6) is 0.0520. The number of carbonyl (C=O) groups excluding carboxylic acids is 1. The maximum absolute atomic E-state index is 11.6. The first kappa shape index (κ1) is 14.9.